The predicted molar refractivity (Wildman–Crippen MR) is 76.3 cm³/mol. The molecule has 0 saturated carbocycles. The molecule has 2 unspecified atom stereocenters. The van der Waals surface area contributed by atoms with Gasteiger partial charge in [0.2, 0.25) is 5.91 Å². The maximum atomic E-state index is 12.2. The maximum Gasteiger partial charge on any atom is 0.242 e. The summed E-state index contributed by atoms with van der Waals surface area (Å²) in [5, 5.41) is 2.97. The van der Waals surface area contributed by atoms with Crippen LogP contribution in [0.15, 0.2) is 43.0 Å². The number of amides is 1. The first kappa shape index (κ1) is 12.8. The molecule has 1 aromatic heterocycles. The molecule has 0 spiro atoms. The molecule has 2 heterocycles. The average molecular weight is 271 g/mol. The smallest absolute Gasteiger partial charge is 0.242 e. The Labute approximate surface area is 117 Å². The van der Waals surface area contributed by atoms with E-state index in [1.165, 1.54) is 0 Å². The summed E-state index contributed by atoms with van der Waals surface area (Å²) in [6.45, 7) is 2.04. The summed E-state index contributed by atoms with van der Waals surface area (Å²) in [4.78, 5) is 16.3. The van der Waals surface area contributed by atoms with Crippen molar-refractivity contribution >= 4 is 11.6 Å². The zero-order valence-electron chi connectivity index (χ0n) is 11.2. The minimum absolute atomic E-state index is 0.0329. The van der Waals surface area contributed by atoms with Crippen LogP contribution in [0.2, 0.25) is 0 Å². The maximum absolute atomic E-state index is 12.2. The van der Waals surface area contributed by atoms with Gasteiger partial charge in [-0.05, 0) is 25.5 Å². The molecule has 6 heteroatoms. The van der Waals surface area contributed by atoms with Crippen LogP contribution in [-0.4, -0.2) is 27.5 Å². The molecule has 2 atom stereocenters. The van der Waals surface area contributed by atoms with E-state index in [4.69, 9.17) is 0 Å². The van der Waals surface area contributed by atoms with Crippen LogP contribution < -0.4 is 16.2 Å². The van der Waals surface area contributed by atoms with Crippen LogP contribution in [0.25, 0.3) is 5.69 Å². The largest absolute Gasteiger partial charge is 0.323 e. The van der Waals surface area contributed by atoms with E-state index in [1.807, 2.05) is 42.0 Å². The van der Waals surface area contributed by atoms with Gasteiger partial charge in [0, 0.05) is 18.4 Å². The second-order valence-electron chi connectivity index (χ2n) is 4.95. The molecule has 1 aromatic carbocycles. The van der Waals surface area contributed by atoms with Crippen molar-refractivity contribution in [3.05, 3.63) is 43.0 Å². The van der Waals surface area contributed by atoms with E-state index in [-0.39, 0.29) is 11.9 Å². The highest BCUT2D eigenvalue weighted by Gasteiger charge is 2.26. The molecule has 2 aromatic rings. The molecule has 1 aliphatic heterocycles. The monoisotopic (exact) mass is 271 g/mol. The molecule has 3 N–H and O–H groups in total. The Hall–Kier alpha value is -2.18. The predicted octanol–water partition coefficient (Wildman–Crippen LogP) is 1.07. The van der Waals surface area contributed by atoms with Crippen LogP contribution in [0.1, 0.15) is 13.3 Å². The highest BCUT2D eigenvalue weighted by molar-refractivity contribution is 5.96. The average Bonchev–Trinajstić information content (AvgIpc) is 3.10. The van der Waals surface area contributed by atoms with E-state index >= 15 is 0 Å². The van der Waals surface area contributed by atoms with Crippen LogP contribution in [0, 0.1) is 0 Å². The minimum atomic E-state index is -0.208. The fraction of sp³-hybridized carbons (Fsp3) is 0.286. The first-order chi connectivity index (χ1) is 9.74. The number of rotatable bonds is 3. The molecule has 1 aliphatic rings. The Bertz CT molecular complexity index is 595. The fourth-order valence-electron chi connectivity index (χ4n) is 2.31. The molecule has 20 heavy (non-hydrogen) atoms. The zero-order valence-corrected chi connectivity index (χ0v) is 11.2. The first-order valence-corrected chi connectivity index (χ1v) is 6.63. The van der Waals surface area contributed by atoms with Crippen molar-refractivity contribution in [3.8, 4) is 5.69 Å². The van der Waals surface area contributed by atoms with Crippen molar-refractivity contribution in [3.63, 3.8) is 0 Å². The van der Waals surface area contributed by atoms with Crippen molar-refractivity contribution < 1.29 is 4.79 Å². The normalized spacial score (nSPS) is 21.9. The summed E-state index contributed by atoms with van der Waals surface area (Å²) in [6.07, 6.45) is 6.05. The molecule has 3 rings (SSSR count). The third-order valence-corrected chi connectivity index (χ3v) is 3.35. The molecule has 104 valence electrons. The van der Waals surface area contributed by atoms with Gasteiger partial charge in [-0.15, -0.1) is 0 Å². The Balaban J connectivity index is 1.79. The lowest BCUT2D eigenvalue weighted by molar-refractivity contribution is -0.117. The lowest BCUT2D eigenvalue weighted by atomic mass is 10.1. The highest BCUT2D eigenvalue weighted by Crippen LogP contribution is 2.20. The summed E-state index contributed by atoms with van der Waals surface area (Å²) < 4.78 is 1.87. The number of nitrogens with one attached hydrogen (secondary N) is 3. The van der Waals surface area contributed by atoms with Crippen LogP contribution >= 0.6 is 0 Å². The summed E-state index contributed by atoms with van der Waals surface area (Å²) >= 11 is 0. The van der Waals surface area contributed by atoms with Crippen molar-refractivity contribution in [1.82, 2.24) is 20.4 Å². The summed E-state index contributed by atoms with van der Waals surface area (Å²) in [5.74, 6) is -0.0329. The fourth-order valence-corrected chi connectivity index (χ4v) is 2.31. The highest BCUT2D eigenvalue weighted by atomic mass is 16.2. The molecule has 1 saturated heterocycles. The van der Waals surface area contributed by atoms with Crippen molar-refractivity contribution in [2.75, 3.05) is 5.32 Å². The number of carbonyl (C=O) groups excluding carboxylic acids is 1. The lowest BCUT2D eigenvalue weighted by Crippen LogP contribution is -2.40. The van der Waals surface area contributed by atoms with Crippen molar-refractivity contribution in [2.24, 2.45) is 0 Å². The molecular formula is C14H17N5O. The number of para-hydroxylation sites is 2. The summed E-state index contributed by atoms with van der Waals surface area (Å²) in [5.41, 5.74) is 7.73. The van der Waals surface area contributed by atoms with Crippen LogP contribution in [0.5, 0.6) is 0 Å². The van der Waals surface area contributed by atoms with Gasteiger partial charge in [0.1, 0.15) is 6.04 Å². The van der Waals surface area contributed by atoms with E-state index < -0.39 is 0 Å². The van der Waals surface area contributed by atoms with Gasteiger partial charge in [0.15, 0.2) is 0 Å². The topological polar surface area (TPSA) is 71.0 Å². The minimum Gasteiger partial charge on any atom is -0.323 e. The lowest BCUT2D eigenvalue weighted by Gasteiger charge is -2.14. The van der Waals surface area contributed by atoms with Gasteiger partial charge in [0.05, 0.1) is 17.7 Å². The number of hydrogen-bond donors (Lipinski definition) is 3. The Morgan fingerprint density at radius 1 is 1.40 bits per heavy atom. The van der Waals surface area contributed by atoms with Gasteiger partial charge >= 0.3 is 0 Å². The van der Waals surface area contributed by atoms with Crippen LogP contribution in [0.4, 0.5) is 5.69 Å². The third kappa shape index (κ3) is 2.56. The van der Waals surface area contributed by atoms with Gasteiger partial charge in [0.25, 0.3) is 0 Å². The van der Waals surface area contributed by atoms with E-state index in [9.17, 15) is 4.79 Å². The number of hydrazine groups is 1. The number of aromatic nitrogens is 2. The molecule has 1 fully saturated rings. The summed E-state index contributed by atoms with van der Waals surface area (Å²) in [7, 11) is 0. The Morgan fingerprint density at radius 3 is 2.95 bits per heavy atom. The number of benzene rings is 1. The second kappa shape index (κ2) is 5.44. The van der Waals surface area contributed by atoms with Crippen molar-refractivity contribution in [1.29, 1.82) is 0 Å². The van der Waals surface area contributed by atoms with Gasteiger partial charge in [-0.25, -0.2) is 10.4 Å². The number of imidazole rings is 1. The van der Waals surface area contributed by atoms with E-state index in [0.29, 0.717) is 6.04 Å². The molecule has 0 bridgehead atoms. The van der Waals surface area contributed by atoms with Crippen LogP contribution in [0.3, 0.4) is 0 Å². The SMILES string of the molecule is CC1CC(C(=O)Nc2ccccc2-n2ccnc2)NN1. The quantitative estimate of drug-likeness (QED) is 0.781. The number of hydrogen-bond acceptors (Lipinski definition) is 4. The van der Waals surface area contributed by atoms with Gasteiger partial charge in [-0.3, -0.25) is 10.2 Å². The molecule has 0 radical (unpaired) electrons. The molecule has 6 nitrogen and oxygen atoms in total. The molecule has 0 aliphatic carbocycles. The van der Waals surface area contributed by atoms with Gasteiger partial charge in [-0.1, -0.05) is 12.1 Å². The standard InChI is InChI=1S/C14H17N5O/c1-10-8-12(18-17-10)14(20)16-11-4-2-3-5-13(11)19-7-6-15-9-19/h2-7,9-10,12,17-18H,8H2,1H3,(H,16,20). The van der Waals surface area contributed by atoms with E-state index in [0.717, 1.165) is 17.8 Å². The van der Waals surface area contributed by atoms with Gasteiger partial charge in [-0.2, -0.15) is 0 Å². The zero-order chi connectivity index (χ0) is 13.9. The second-order valence-corrected chi connectivity index (χ2v) is 4.95. The first-order valence-electron chi connectivity index (χ1n) is 6.63. The van der Waals surface area contributed by atoms with E-state index in [2.05, 4.69) is 21.2 Å². The van der Waals surface area contributed by atoms with Crippen molar-refractivity contribution in [2.45, 2.75) is 25.4 Å². The Morgan fingerprint density at radius 2 is 2.25 bits per heavy atom. The number of anilines is 1. The third-order valence-electron chi connectivity index (χ3n) is 3.35. The number of carbonyl (C=O) groups is 1. The van der Waals surface area contributed by atoms with Crippen LogP contribution in [-0.2, 0) is 4.79 Å². The van der Waals surface area contributed by atoms with Gasteiger partial charge < -0.3 is 9.88 Å². The molecule has 1 amide bonds. The molecular weight excluding hydrogens is 254 g/mol. The summed E-state index contributed by atoms with van der Waals surface area (Å²) in [6, 6.07) is 7.76. The Kier molecular flexibility index (Phi) is 3.49. The van der Waals surface area contributed by atoms with E-state index in [1.54, 1.807) is 12.5 Å². The number of nitrogens with zero attached hydrogens (tertiary/aromatic N) is 2.